The first kappa shape index (κ1) is 11.1. The number of allylic oxidation sites excluding steroid dienone is 1. The van der Waals surface area contributed by atoms with Gasteiger partial charge in [0.15, 0.2) is 0 Å². The third-order valence-electron chi connectivity index (χ3n) is 2.62. The van der Waals surface area contributed by atoms with Gasteiger partial charge in [0.2, 0.25) is 0 Å². The van der Waals surface area contributed by atoms with E-state index >= 15 is 0 Å². The normalized spacial score (nSPS) is 19.4. The summed E-state index contributed by atoms with van der Waals surface area (Å²) < 4.78 is 0. The van der Waals surface area contributed by atoms with E-state index in [-0.39, 0.29) is 11.9 Å². The van der Waals surface area contributed by atoms with E-state index in [1.807, 2.05) is 0 Å². The highest BCUT2D eigenvalue weighted by Crippen LogP contribution is 2.15. The Morgan fingerprint density at radius 2 is 2.38 bits per heavy atom. The van der Waals surface area contributed by atoms with E-state index < -0.39 is 0 Å². The molecule has 0 fully saturated rings. The second-order valence-corrected chi connectivity index (χ2v) is 4.22. The van der Waals surface area contributed by atoms with Crippen LogP contribution in [0.3, 0.4) is 0 Å². The van der Waals surface area contributed by atoms with Crippen LogP contribution in [0.15, 0.2) is 30.6 Å². The number of pyridine rings is 1. The van der Waals surface area contributed by atoms with Crippen LogP contribution in [0.5, 0.6) is 0 Å². The van der Waals surface area contributed by atoms with Crippen LogP contribution in [-0.4, -0.2) is 16.9 Å². The van der Waals surface area contributed by atoms with Crippen molar-refractivity contribution in [1.82, 2.24) is 10.3 Å². The number of carbonyl (C=O) groups excluding carboxylic acids is 1. The molecule has 1 heterocycles. The molecule has 1 N–H and O–H groups in total. The third kappa shape index (κ3) is 2.61. The molecule has 3 nitrogen and oxygen atoms in total. The highest BCUT2D eigenvalue weighted by atomic mass is 35.5. The Labute approximate surface area is 99.5 Å². The van der Waals surface area contributed by atoms with E-state index in [1.165, 1.54) is 6.20 Å². The van der Waals surface area contributed by atoms with E-state index in [4.69, 9.17) is 11.6 Å². The van der Waals surface area contributed by atoms with Gasteiger partial charge in [-0.05, 0) is 25.3 Å². The molecule has 16 heavy (non-hydrogen) atoms. The topological polar surface area (TPSA) is 42.0 Å². The van der Waals surface area contributed by atoms with Gasteiger partial charge in [0.25, 0.3) is 5.91 Å². The molecule has 1 amide bonds. The number of carbonyl (C=O) groups is 1. The van der Waals surface area contributed by atoms with Crippen molar-refractivity contribution >= 4 is 17.5 Å². The second kappa shape index (κ2) is 5.12. The molecule has 0 saturated heterocycles. The number of halogens is 1. The molecular formula is C12H13ClN2O. The maximum absolute atomic E-state index is 11.9. The van der Waals surface area contributed by atoms with Gasteiger partial charge in [-0.3, -0.25) is 9.78 Å². The Kier molecular flexibility index (Phi) is 3.57. The van der Waals surface area contributed by atoms with E-state index in [0.29, 0.717) is 10.6 Å². The molecule has 0 spiro atoms. The fraction of sp³-hybridized carbons (Fsp3) is 0.333. The first-order chi connectivity index (χ1) is 7.77. The number of aromatic nitrogens is 1. The molecule has 1 unspecified atom stereocenters. The van der Waals surface area contributed by atoms with Crippen LogP contribution < -0.4 is 5.32 Å². The zero-order valence-corrected chi connectivity index (χ0v) is 9.57. The Morgan fingerprint density at radius 1 is 1.50 bits per heavy atom. The smallest absolute Gasteiger partial charge is 0.253 e. The first-order valence-corrected chi connectivity index (χ1v) is 5.70. The van der Waals surface area contributed by atoms with Crippen molar-refractivity contribution in [2.75, 3.05) is 0 Å². The number of nitrogens with one attached hydrogen (secondary N) is 1. The fourth-order valence-electron chi connectivity index (χ4n) is 1.75. The molecule has 0 bridgehead atoms. The minimum absolute atomic E-state index is 0.118. The lowest BCUT2D eigenvalue weighted by atomic mass is 10.0. The summed E-state index contributed by atoms with van der Waals surface area (Å²) in [4.78, 5) is 15.7. The standard InChI is InChI=1S/C12H13ClN2O/c13-11-8-14-7-6-10(11)12(16)15-9-4-2-1-3-5-9/h1-2,6-9H,3-5H2,(H,15,16). The van der Waals surface area contributed by atoms with Crippen molar-refractivity contribution in [3.05, 3.63) is 41.2 Å². The zero-order valence-electron chi connectivity index (χ0n) is 8.82. The van der Waals surface area contributed by atoms with Gasteiger partial charge in [-0.15, -0.1) is 0 Å². The van der Waals surface area contributed by atoms with Crippen molar-refractivity contribution in [3.63, 3.8) is 0 Å². The summed E-state index contributed by atoms with van der Waals surface area (Å²) in [5.41, 5.74) is 0.492. The maximum Gasteiger partial charge on any atom is 0.253 e. The van der Waals surface area contributed by atoms with Crippen LogP contribution in [-0.2, 0) is 0 Å². The SMILES string of the molecule is O=C(NC1CC=CCC1)c1ccncc1Cl. The Balaban J connectivity index is 2.03. The van der Waals surface area contributed by atoms with Crippen molar-refractivity contribution in [3.8, 4) is 0 Å². The minimum atomic E-state index is -0.118. The summed E-state index contributed by atoms with van der Waals surface area (Å²) in [7, 11) is 0. The number of nitrogens with zero attached hydrogens (tertiary/aromatic N) is 1. The highest BCUT2D eigenvalue weighted by molar-refractivity contribution is 6.33. The summed E-state index contributed by atoms with van der Waals surface area (Å²) in [6.07, 6.45) is 10.2. The quantitative estimate of drug-likeness (QED) is 0.802. The molecule has 1 atom stereocenters. The Hall–Kier alpha value is -1.35. The average Bonchev–Trinajstić information content (AvgIpc) is 2.31. The number of amides is 1. The zero-order chi connectivity index (χ0) is 11.4. The van der Waals surface area contributed by atoms with Crippen molar-refractivity contribution in [2.45, 2.75) is 25.3 Å². The molecule has 1 aliphatic rings. The van der Waals surface area contributed by atoms with Gasteiger partial charge in [-0.1, -0.05) is 23.8 Å². The van der Waals surface area contributed by atoms with Crippen molar-refractivity contribution in [2.24, 2.45) is 0 Å². The Morgan fingerprint density at radius 3 is 3.06 bits per heavy atom. The van der Waals surface area contributed by atoms with Crippen LogP contribution >= 0.6 is 11.6 Å². The highest BCUT2D eigenvalue weighted by Gasteiger charge is 2.15. The molecule has 1 aromatic rings. The molecule has 84 valence electrons. The van der Waals surface area contributed by atoms with Crippen molar-refractivity contribution in [1.29, 1.82) is 0 Å². The largest absolute Gasteiger partial charge is 0.349 e. The molecule has 0 saturated carbocycles. The molecular weight excluding hydrogens is 224 g/mol. The van der Waals surface area contributed by atoms with Gasteiger partial charge in [-0.2, -0.15) is 0 Å². The molecule has 1 aromatic heterocycles. The van der Waals surface area contributed by atoms with E-state index in [1.54, 1.807) is 12.3 Å². The lowest BCUT2D eigenvalue weighted by molar-refractivity contribution is 0.0935. The van der Waals surface area contributed by atoms with Crippen molar-refractivity contribution < 1.29 is 4.79 Å². The predicted molar refractivity (Wildman–Crippen MR) is 63.5 cm³/mol. The van der Waals surface area contributed by atoms with Crippen LogP contribution in [0.1, 0.15) is 29.6 Å². The van der Waals surface area contributed by atoms with Gasteiger partial charge in [0.1, 0.15) is 0 Å². The summed E-state index contributed by atoms with van der Waals surface area (Å²) in [6, 6.07) is 1.86. The molecule has 2 rings (SSSR count). The average molecular weight is 237 g/mol. The van der Waals surface area contributed by atoms with E-state index in [2.05, 4.69) is 22.5 Å². The van der Waals surface area contributed by atoms with Gasteiger partial charge in [-0.25, -0.2) is 0 Å². The number of rotatable bonds is 2. The molecule has 4 heteroatoms. The monoisotopic (exact) mass is 236 g/mol. The lowest BCUT2D eigenvalue weighted by Crippen LogP contribution is -2.35. The molecule has 1 aliphatic carbocycles. The van der Waals surface area contributed by atoms with Gasteiger partial charge >= 0.3 is 0 Å². The number of hydrogen-bond donors (Lipinski definition) is 1. The molecule has 0 aromatic carbocycles. The van der Waals surface area contributed by atoms with E-state index in [0.717, 1.165) is 19.3 Å². The molecule has 0 radical (unpaired) electrons. The van der Waals surface area contributed by atoms with Gasteiger partial charge in [0.05, 0.1) is 10.6 Å². The lowest BCUT2D eigenvalue weighted by Gasteiger charge is -2.19. The summed E-state index contributed by atoms with van der Waals surface area (Å²) in [6.45, 7) is 0. The minimum Gasteiger partial charge on any atom is -0.349 e. The summed E-state index contributed by atoms with van der Waals surface area (Å²) in [5, 5.41) is 3.37. The summed E-state index contributed by atoms with van der Waals surface area (Å²) in [5.74, 6) is -0.118. The van der Waals surface area contributed by atoms with Crippen LogP contribution in [0, 0.1) is 0 Å². The van der Waals surface area contributed by atoms with Crippen LogP contribution in [0.2, 0.25) is 5.02 Å². The van der Waals surface area contributed by atoms with E-state index in [9.17, 15) is 4.79 Å². The van der Waals surface area contributed by atoms with Crippen LogP contribution in [0.4, 0.5) is 0 Å². The fourth-order valence-corrected chi connectivity index (χ4v) is 1.95. The van der Waals surface area contributed by atoms with Crippen LogP contribution in [0.25, 0.3) is 0 Å². The van der Waals surface area contributed by atoms with Gasteiger partial charge < -0.3 is 5.32 Å². The predicted octanol–water partition coefficient (Wildman–Crippen LogP) is 2.57. The third-order valence-corrected chi connectivity index (χ3v) is 2.92. The maximum atomic E-state index is 11.9. The summed E-state index contributed by atoms with van der Waals surface area (Å²) >= 11 is 5.90. The second-order valence-electron chi connectivity index (χ2n) is 3.81. The first-order valence-electron chi connectivity index (χ1n) is 5.33. The van der Waals surface area contributed by atoms with Gasteiger partial charge in [0, 0.05) is 18.4 Å². The number of hydrogen-bond acceptors (Lipinski definition) is 2. The molecule has 0 aliphatic heterocycles. The Bertz CT molecular complexity index is 417.